The molecular formula is C24H22N2O3S. The second-order valence-corrected chi connectivity index (χ2v) is 9.46. The lowest BCUT2D eigenvalue weighted by atomic mass is 10.0. The van der Waals surface area contributed by atoms with Crippen molar-refractivity contribution >= 4 is 31.6 Å². The van der Waals surface area contributed by atoms with Crippen molar-refractivity contribution in [3.8, 4) is 22.9 Å². The minimum atomic E-state index is -0.00341. The van der Waals surface area contributed by atoms with Gasteiger partial charge in [0, 0.05) is 17.5 Å². The van der Waals surface area contributed by atoms with Gasteiger partial charge in [-0.25, -0.2) is 4.98 Å². The molecule has 0 spiro atoms. The number of aromatic nitrogens is 2. The lowest BCUT2D eigenvalue weighted by Crippen LogP contribution is -2.24. The van der Waals surface area contributed by atoms with Gasteiger partial charge < -0.3 is 9.84 Å². The van der Waals surface area contributed by atoms with Crippen LogP contribution in [0.3, 0.4) is 0 Å². The number of hydrogen-bond donors (Lipinski definition) is 1. The van der Waals surface area contributed by atoms with Gasteiger partial charge >= 0.3 is 0 Å². The number of phenols is 1. The first-order valence-corrected chi connectivity index (χ1v) is 11.3. The molecule has 0 bridgehead atoms. The maximum absolute atomic E-state index is 13.7. The Bertz CT molecular complexity index is 1360. The van der Waals surface area contributed by atoms with Crippen LogP contribution < -0.4 is 10.3 Å². The van der Waals surface area contributed by atoms with E-state index in [0.29, 0.717) is 28.6 Å². The SMILES string of the molecule is COc1ccc(-c2nc3sc4c(O)cccc4c3c(=O)n2CC2CC2)c(C2CC2)c1. The molecule has 4 aromatic rings. The van der Waals surface area contributed by atoms with Crippen molar-refractivity contribution in [2.24, 2.45) is 5.92 Å². The average Bonchev–Trinajstić information content (AvgIpc) is 3.67. The van der Waals surface area contributed by atoms with E-state index in [4.69, 9.17) is 9.72 Å². The number of thiophene rings is 1. The number of fused-ring (bicyclic) bond motifs is 3. The zero-order valence-electron chi connectivity index (χ0n) is 16.7. The maximum atomic E-state index is 13.7. The summed E-state index contributed by atoms with van der Waals surface area (Å²) in [5.41, 5.74) is 2.24. The molecular weight excluding hydrogens is 396 g/mol. The molecule has 2 aliphatic carbocycles. The number of rotatable bonds is 5. The molecule has 0 unspecified atom stereocenters. The Labute approximate surface area is 177 Å². The van der Waals surface area contributed by atoms with Gasteiger partial charge in [0.15, 0.2) is 0 Å². The van der Waals surface area contributed by atoms with E-state index in [1.54, 1.807) is 19.2 Å². The highest BCUT2D eigenvalue weighted by atomic mass is 32.1. The third kappa shape index (κ3) is 2.82. The van der Waals surface area contributed by atoms with Crippen LogP contribution in [0.15, 0.2) is 41.2 Å². The molecule has 2 aromatic carbocycles. The number of hydrogen-bond acceptors (Lipinski definition) is 5. The van der Waals surface area contributed by atoms with Crippen LogP contribution in [0.4, 0.5) is 0 Å². The first-order valence-electron chi connectivity index (χ1n) is 10.5. The van der Waals surface area contributed by atoms with Crippen molar-refractivity contribution < 1.29 is 9.84 Å². The first-order chi connectivity index (χ1) is 14.6. The van der Waals surface area contributed by atoms with Crippen molar-refractivity contribution in [1.82, 2.24) is 9.55 Å². The summed E-state index contributed by atoms with van der Waals surface area (Å²) in [7, 11) is 1.68. The van der Waals surface area contributed by atoms with Gasteiger partial charge in [0.2, 0.25) is 0 Å². The van der Waals surface area contributed by atoms with Crippen LogP contribution in [-0.2, 0) is 6.54 Å². The standard InChI is InChI=1S/C24H22N2O3S/c1-29-15-9-10-16(18(11-15)14-7-8-14)22-25-23-20(24(28)26(22)12-13-5-6-13)17-3-2-4-19(27)21(17)30-23/h2-4,9-11,13-14,27H,5-8,12H2,1H3. The van der Waals surface area contributed by atoms with Crippen LogP contribution in [0.2, 0.25) is 0 Å². The van der Waals surface area contributed by atoms with Crippen molar-refractivity contribution in [1.29, 1.82) is 0 Å². The van der Waals surface area contributed by atoms with E-state index >= 15 is 0 Å². The molecule has 0 aliphatic heterocycles. The Morgan fingerprint density at radius 3 is 2.77 bits per heavy atom. The highest BCUT2D eigenvalue weighted by molar-refractivity contribution is 7.25. The van der Waals surface area contributed by atoms with E-state index in [1.165, 1.54) is 16.9 Å². The summed E-state index contributed by atoms with van der Waals surface area (Å²) in [6, 6.07) is 11.5. The second kappa shape index (κ2) is 6.57. The van der Waals surface area contributed by atoms with Crippen LogP contribution in [0, 0.1) is 5.92 Å². The van der Waals surface area contributed by atoms with Crippen molar-refractivity contribution in [3.63, 3.8) is 0 Å². The summed E-state index contributed by atoms with van der Waals surface area (Å²) in [5.74, 6) is 2.83. The molecule has 1 N–H and O–H groups in total. The van der Waals surface area contributed by atoms with Gasteiger partial charge in [-0.2, -0.15) is 0 Å². The van der Waals surface area contributed by atoms with Crippen LogP contribution in [0.1, 0.15) is 37.2 Å². The van der Waals surface area contributed by atoms with Gasteiger partial charge in [-0.05, 0) is 67.3 Å². The fourth-order valence-corrected chi connectivity index (χ4v) is 5.38. The summed E-state index contributed by atoms with van der Waals surface area (Å²) in [4.78, 5) is 19.4. The predicted octanol–water partition coefficient (Wildman–Crippen LogP) is 5.28. The van der Waals surface area contributed by atoms with E-state index in [2.05, 4.69) is 6.07 Å². The highest BCUT2D eigenvalue weighted by Crippen LogP contribution is 2.46. The number of methoxy groups -OCH3 is 1. The van der Waals surface area contributed by atoms with E-state index in [-0.39, 0.29) is 11.3 Å². The topological polar surface area (TPSA) is 64.3 Å². The molecule has 2 heterocycles. The molecule has 5 nitrogen and oxygen atoms in total. The molecule has 0 atom stereocenters. The zero-order valence-corrected chi connectivity index (χ0v) is 17.5. The van der Waals surface area contributed by atoms with Gasteiger partial charge in [0.05, 0.1) is 17.2 Å². The number of benzene rings is 2. The van der Waals surface area contributed by atoms with Gasteiger partial charge in [0.25, 0.3) is 5.56 Å². The van der Waals surface area contributed by atoms with Gasteiger partial charge in [0.1, 0.15) is 22.2 Å². The molecule has 2 saturated carbocycles. The van der Waals surface area contributed by atoms with E-state index in [1.807, 2.05) is 22.8 Å². The Balaban J connectivity index is 1.66. The largest absolute Gasteiger partial charge is 0.506 e. The summed E-state index contributed by atoms with van der Waals surface area (Å²) >= 11 is 1.39. The molecule has 0 amide bonds. The Kier molecular flexibility index (Phi) is 3.93. The van der Waals surface area contributed by atoms with Crippen LogP contribution in [0.5, 0.6) is 11.5 Å². The summed E-state index contributed by atoms with van der Waals surface area (Å²) in [6.07, 6.45) is 4.64. The van der Waals surface area contributed by atoms with E-state index < -0.39 is 0 Å². The molecule has 152 valence electrons. The molecule has 6 heteroatoms. The monoisotopic (exact) mass is 418 g/mol. The van der Waals surface area contributed by atoms with Crippen molar-refractivity contribution in [2.75, 3.05) is 7.11 Å². The molecule has 0 radical (unpaired) electrons. The van der Waals surface area contributed by atoms with E-state index in [9.17, 15) is 9.90 Å². The van der Waals surface area contributed by atoms with Gasteiger partial charge in [-0.15, -0.1) is 11.3 Å². The molecule has 2 aliphatic rings. The summed E-state index contributed by atoms with van der Waals surface area (Å²) < 4.78 is 8.07. The minimum Gasteiger partial charge on any atom is -0.506 e. The summed E-state index contributed by atoms with van der Waals surface area (Å²) in [6.45, 7) is 0.698. The van der Waals surface area contributed by atoms with Gasteiger partial charge in [-0.3, -0.25) is 9.36 Å². The molecule has 0 saturated heterocycles. The van der Waals surface area contributed by atoms with Gasteiger partial charge in [-0.1, -0.05) is 12.1 Å². The Morgan fingerprint density at radius 2 is 2.03 bits per heavy atom. The second-order valence-electron chi connectivity index (χ2n) is 8.46. The van der Waals surface area contributed by atoms with Crippen molar-refractivity contribution in [3.05, 3.63) is 52.3 Å². The maximum Gasteiger partial charge on any atom is 0.263 e. The van der Waals surface area contributed by atoms with Crippen LogP contribution in [0.25, 0.3) is 31.7 Å². The van der Waals surface area contributed by atoms with E-state index in [0.717, 1.165) is 52.9 Å². The molecule has 30 heavy (non-hydrogen) atoms. The minimum absolute atomic E-state index is 0.00341. The Morgan fingerprint density at radius 1 is 1.20 bits per heavy atom. The third-order valence-corrected chi connectivity index (χ3v) is 7.37. The van der Waals surface area contributed by atoms with Crippen LogP contribution in [-0.4, -0.2) is 21.8 Å². The Hall–Kier alpha value is -2.86. The summed E-state index contributed by atoms with van der Waals surface area (Å²) in [5, 5.41) is 11.7. The van der Waals surface area contributed by atoms with Crippen LogP contribution >= 0.6 is 11.3 Å². The number of phenolic OH excluding ortho intramolecular Hbond substituents is 1. The lowest BCUT2D eigenvalue weighted by Gasteiger charge is -2.16. The molecule has 6 rings (SSSR count). The molecule has 2 aromatic heterocycles. The highest BCUT2D eigenvalue weighted by Gasteiger charge is 2.31. The first kappa shape index (κ1) is 18.0. The number of aromatic hydroxyl groups is 1. The lowest BCUT2D eigenvalue weighted by molar-refractivity contribution is 0.414. The smallest absolute Gasteiger partial charge is 0.263 e. The fraction of sp³-hybridized carbons (Fsp3) is 0.333. The zero-order chi connectivity index (χ0) is 20.4. The average molecular weight is 419 g/mol. The third-order valence-electron chi connectivity index (χ3n) is 6.25. The number of nitrogens with zero attached hydrogens (tertiary/aromatic N) is 2. The van der Waals surface area contributed by atoms with Crippen molar-refractivity contribution in [2.45, 2.75) is 38.1 Å². The predicted molar refractivity (Wildman–Crippen MR) is 120 cm³/mol. The number of ether oxygens (including phenoxy) is 1. The quantitative estimate of drug-likeness (QED) is 0.479. The fourth-order valence-electron chi connectivity index (χ4n) is 4.30. The molecule has 2 fully saturated rings. The normalized spacial score (nSPS) is 16.4.